The lowest BCUT2D eigenvalue weighted by molar-refractivity contribution is -0.143. The van der Waals surface area contributed by atoms with Crippen LogP contribution in [0.3, 0.4) is 0 Å². The van der Waals surface area contributed by atoms with Crippen LogP contribution in [0.4, 0.5) is 13.2 Å². The van der Waals surface area contributed by atoms with Crippen LogP contribution in [0.2, 0.25) is 10.0 Å². The van der Waals surface area contributed by atoms with Crippen molar-refractivity contribution in [3.63, 3.8) is 0 Å². The second-order valence-corrected chi connectivity index (χ2v) is 7.61. The van der Waals surface area contributed by atoms with E-state index < -0.39 is 44.9 Å². The first-order valence-electron chi connectivity index (χ1n) is 6.49. The molecule has 25 heavy (non-hydrogen) atoms. The van der Waals surface area contributed by atoms with Gasteiger partial charge >= 0.3 is 12.1 Å². The monoisotopic (exact) mass is 416 g/mol. The molecular formula is C13H9Cl2F3N2O4S. The van der Waals surface area contributed by atoms with Gasteiger partial charge in [-0.25, -0.2) is 18.4 Å². The fourth-order valence-electron chi connectivity index (χ4n) is 1.85. The highest BCUT2D eigenvalue weighted by Gasteiger charge is 2.41. The van der Waals surface area contributed by atoms with Gasteiger partial charge in [0.2, 0.25) is 0 Å². The SMILES string of the molecule is COC(=O)CCS(=O)(=O)c1nc2cc(Cl)c(Cl)cc2nc1C(F)(F)F. The number of benzene rings is 1. The Kier molecular flexibility index (Phi) is 5.45. The van der Waals surface area contributed by atoms with Crippen molar-refractivity contribution in [1.29, 1.82) is 0 Å². The molecule has 0 fully saturated rings. The normalized spacial score (nSPS) is 12.4. The van der Waals surface area contributed by atoms with Crippen molar-refractivity contribution in [2.45, 2.75) is 17.6 Å². The molecule has 1 aromatic heterocycles. The average molecular weight is 417 g/mol. The van der Waals surface area contributed by atoms with Gasteiger partial charge in [-0.1, -0.05) is 23.2 Å². The molecule has 0 aliphatic rings. The van der Waals surface area contributed by atoms with Crippen molar-refractivity contribution in [2.24, 2.45) is 0 Å². The number of sulfone groups is 1. The first-order chi connectivity index (χ1) is 11.5. The summed E-state index contributed by atoms with van der Waals surface area (Å²) < 4.78 is 68.5. The number of halogens is 5. The summed E-state index contributed by atoms with van der Waals surface area (Å²) in [5.74, 6) is -1.80. The lowest BCUT2D eigenvalue weighted by Gasteiger charge is -2.13. The quantitative estimate of drug-likeness (QED) is 0.710. The highest BCUT2D eigenvalue weighted by molar-refractivity contribution is 7.91. The largest absolute Gasteiger partial charge is 0.469 e. The Morgan fingerprint density at radius 2 is 1.68 bits per heavy atom. The molecule has 0 atom stereocenters. The smallest absolute Gasteiger partial charge is 0.436 e. The first-order valence-corrected chi connectivity index (χ1v) is 8.90. The maximum absolute atomic E-state index is 13.2. The van der Waals surface area contributed by atoms with E-state index in [0.29, 0.717) is 0 Å². The van der Waals surface area contributed by atoms with Crippen molar-refractivity contribution in [2.75, 3.05) is 12.9 Å². The van der Waals surface area contributed by atoms with Gasteiger partial charge in [0.15, 0.2) is 20.6 Å². The molecule has 1 heterocycles. The van der Waals surface area contributed by atoms with E-state index in [1.807, 2.05) is 0 Å². The third-order valence-electron chi connectivity index (χ3n) is 3.04. The minimum atomic E-state index is -5.08. The van der Waals surface area contributed by atoms with Crippen molar-refractivity contribution < 1.29 is 31.1 Å². The zero-order valence-corrected chi connectivity index (χ0v) is 14.7. The van der Waals surface area contributed by atoms with Crippen molar-refractivity contribution in [3.05, 3.63) is 27.9 Å². The second-order valence-electron chi connectivity index (χ2n) is 4.78. The molecule has 0 aliphatic heterocycles. The van der Waals surface area contributed by atoms with Gasteiger partial charge in [0.1, 0.15) is 0 Å². The summed E-state index contributed by atoms with van der Waals surface area (Å²) in [4.78, 5) is 18.0. The van der Waals surface area contributed by atoms with Gasteiger partial charge < -0.3 is 4.74 Å². The van der Waals surface area contributed by atoms with Crippen LogP contribution in [-0.4, -0.2) is 37.2 Å². The maximum atomic E-state index is 13.2. The van der Waals surface area contributed by atoms with Crippen LogP contribution in [0.15, 0.2) is 17.2 Å². The lowest BCUT2D eigenvalue weighted by Crippen LogP contribution is -2.21. The topological polar surface area (TPSA) is 86.2 Å². The van der Waals surface area contributed by atoms with Crippen LogP contribution in [0.1, 0.15) is 12.1 Å². The van der Waals surface area contributed by atoms with Crippen LogP contribution < -0.4 is 0 Å². The van der Waals surface area contributed by atoms with Crippen LogP contribution in [-0.2, 0) is 25.5 Å². The number of alkyl halides is 3. The molecule has 6 nitrogen and oxygen atoms in total. The number of methoxy groups -OCH3 is 1. The predicted octanol–water partition coefficient (Wildman–Crippen LogP) is 3.29. The third-order valence-corrected chi connectivity index (χ3v) is 5.38. The van der Waals surface area contributed by atoms with Crippen LogP contribution in [0.5, 0.6) is 0 Å². The molecule has 2 aromatic rings. The molecule has 1 aromatic carbocycles. The van der Waals surface area contributed by atoms with Crippen LogP contribution in [0.25, 0.3) is 11.0 Å². The zero-order valence-electron chi connectivity index (χ0n) is 12.4. The number of fused-ring (bicyclic) bond motifs is 1. The number of aromatic nitrogens is 2. The third kappa shape index (κ3) is 4.31. The molecule has 0 unspecified atom stereocenters. The molecule has 0 aliphatic carbocycles. The average Bonchev–Trinajstić information content (AvgIpc) is 2.51. The van der Waals surface area contributed by atoms with Crippen molar-refractivity contribution in [1.82, 2.24) is 9.97 Å². The predicted molar refractivity (Wildman–Crippen MR) is 83.2 cm³/mol. The summed E-state index contributed by atoms with van der Waals surface area (Å²) in [6, 6.07) is 2.15. The minimum absolute atomic E-state index is 0.0267. The van der Waals surface area contributed by atoms with E-state index >= 15 is 0 Å². The van der Waals surface area contributed by atoms with E-state index in [1.54, 1.807) is 0 Å². The molecule has 0 saturated heterocycles. The number of carbonyl (C=O) groups is 1. The Labute approximate surface area is 149 Å². The van der Waals surface area contributed by atoms with Gasteiger partial charge in [-0.05, 0) is 12.1 Å². The minimum Gasteiger partial charge on any atom is -0.469 e. The van der Waals surface area contributed by atoms with Gasteiger partial charge in [0, 0.05) is 0 Å². The van der Waals surface area contributed by atoms with E-state index in [9.17, 15) is 26.4 Å². The number of nitrogens with zero attached hydrogens (tertiary/aromatic N) is 2. The maximum Gasteiger partial charge on any atom is 0.436 e. The van der Waals surface area contributed by atoms with Gasteiger partial charge in [0.05, 0.1) is 40.4 Å². The van der Waals surface area contributed by atoms with E-state index in [1.165, 1.54) is 0 Å². The van der Waals surface area contributed by atoms with Crippen LogP contribution in [0, 0.1) is 0 Å². The van der Waals surface area contributed by atoms with E-state index in [0.717, 1.165) is 19.2 Å². The molecule has 136 valence electrons. The number of carbonyl (C=O) groups excluding carboxylic acids is 1. The van der Waals surface area contributed by atoms with Gasteiger partial charge in [0.25, 0.3) is 0 Å². The molecule has 12 heteroatoms. The number of esters is 1. The zero-order chi connectivity index (χ0) is 19.0. The van der Waals surface area contributed by atoms with Crippen molar-refractivity contribution in [3.8, 4) is 0 Å². The summed E-state index contributed by atoms with van der Waals surface area (Å²) in [6.45, 7) is 0. The highest BCUT2D eigenvalue weighted by Crippen LogP contribution is 2.35. The van der Waals surface area contributed by atoms with E-state index in [-0.39, 0.29) is 21.1 Å². The number of ether oxygens (including phenoxy) is 1. The summed E-state index contributed by atoms with van der Waals surface area (Å²) in [5, 5.41) is -1.37. The second kappa shape index (κ2) is 6.93. The van der Waals surface area contributed by atoms with E-state index in [4.69, 9.17) is 23.2 Å². The van der Waals surface area contributed by atoms with Crippen molar-refractivity contribution >= 4 is 50.0 Å². The fourth-order valence-corrected chi connectivity index (χ4v) is 3.49. The fraction of sp³-hybridized carbons (Fsp3) is 0.308. The summed E-state index contributed by atoms with van der Waals surface area (Å²) in [5.41, 5.74) is -2.14. The lowest BCUT2D eigenvalue weighted by atomic mass is 10.3. The van der Waals surface area contributed by atoms with Gasteiger partial charge in [-0.3, -0.25) is 4.79 Å². The molecular weight excluding hydrogens is 408 g/mol. The Balaban J connectivity index is 2.67. The van der Waals surface area contributed by atoms with Gasteiger partial charge in [-0.2, -0.15) is 13.2 Å². The molecule has 0 bridgehead atoms. The standard InChI is InChI=1S/C13H9Cl2F3N2O4S/c1-24-10(21)2-3-25(22,23)12-11(13(16,17)18)19-8-4-6(14)7(15)5-9(8)20-12/h4-5H,2-3H2,1H3. The molecule has 0 amide bonds. The van der Waals surface area contributed by atoms with Gasteiger partial charge in [-0.15, -0.1) is 0 Å². The van der Waals surface area contributed by atoms with Crippen LogP contribution >= 0.6 is 23.2 Å². The number of hydrogen-bond donors (Lipinski definition) is 0. The number of rotatable bonds is 4. The highest BCUT2D eigenvalue weighted by atomic mass is 35.5. The molecule has 0 spiro atoms. The molecule has 0 N–H and O–H groups in total. The summed E-state index contributed by atoms with van der Waals surface area (Å²) in [7, 11) is -3.54. The molecule has 0 saturated carbocycles. The Morgan fingerprint density at radius 1 is 1.16 bits per heavy atom. The van der Waals surface area contributed by atoms with E-state index in [2.05, 4.69) is 14.7 Å². The Morgan fingerprint density at radius 3 is 2.16 bits per heavy atom. The summed E-state index contributed by atoms with van der Waals surface area (Å²) in [6.07, 6.45) is -5.71. The number of hydrogen-bond acceptors (Lipinski definition) is 6. The molecule has 0 radical (unpaired) electrons. The molecule has 2 rings (SSSR count). The first kappa shape index (κ1) is 19.7. The Bertz CT molecular complexity index is 948. The Hall–Kier alpha value is -1.65. The summed E-state index contributed by atoms with van der Waals surface area (Å²) >= 11 is 11.5.